The molecule has 0 bridgehead atoms. The molecule has 1 aromatic rings. The Morgan fingerprint density at radius 1 is 1.08 bits per heavy atom. The van der Waals surface area contributed by atoms with E-state index in [-0.39, 0.29) is 17.9 Å². The topological polar surface area (TPSA) is 70.2 Å². The molecule has 0 radical (unpaired) electrons. The highest BCUT2D eigenvalue weighted by molar-refractivity contribution is 5.99. The van der Waals surface area contributed by atoms with Crippen molar-refractivity contribution >= 4 is 23.6 Å². The van der Waals surface area contributed by atoms with E-state index >= 15 is 0 Å². The van der Waals surface area contributed by atoms with E-state index in [1.54, 1.807) is 34.7 Å². The van der Waals surface area contributed by atoms with Crippen molar-refractivity contribution in [1.29, 1.82) is 0 Å². The number of rotatable bonds is 2. The Bertz CT molecular complexity index is 719. The maximum atomic E-state index is 12.9. The monoisotopic (exact) mass is 359 g/mol. The van der Waals surface area contributed by atoms with Gasteiger partial charge in [-0.15, -0.1) is 0 Å². The Labute approximate surface area is 153 Å². The molecule has 140 valence electrons. The molecule has 0 aromatic heterocycles. The minimum Gasteiger partial charge on any atom is -0.450 e. The summed E-state index contributed by atoms with van der Waals surface area (Å²) in [4.78, 5) is 41.7. The van der Waals surface area contributed by atoms with E-state index in [0.717, 1.165) is 17.7 Å². The van der Waals surface area contributed by atoms with Gasteiger partial charge in [0.05, 0.1) is 6.61 Å². The standard InChI is InChI=1S/C19H25N3O4/c1-3-26-19(25)22-10-4-9-21(11-12-22)18(24)15-5-7-16-14(13-15)6-8-17(23)20(16)2/h5,7,13H,3-4,6,8-12H2,1-2H3. The molecular formula is C19H25N3O4. The number of carbonyl (C=O) groups is 3. The summed E-state index contributed by atoms with van der Waals surface area (Å²) in [7, 11) is 1.76. The highest BCUT2D eigenvalue weighted by Gasteiger charge is 2.26. The van der Waals surface area contributed by atoms with Gasteiger partial charge in [0.1, 0.15) is 0 Å². The van der Waals surface area contributed by atoms with Crippen LogP contribution < -0.4 is 4.90 Å². The van der Waals surface area contributed by atoms with Crippen LogP contribution >= 0.6 is 0 Å². The summed E-state index contributed by atoms with van der Waals surface area (Å²) in [6.07, 6.45) is 1.55. The van der Waals surface area contributed by atoms with Crippen LogP contribution in [0.4, 0.5) is 10.5 Å². The minimum absolute atomic E-state index is 0.0296. The zero-order valence-corrected chi connectivity index (χ0v) is 15.4. The third-order valence-corrected chi connectivity index (χ3v) is 4.98. The molecule has 1 aromatic carbocycles. The van der Waals surface area contributed by atoms with Gasteiger partial charge >= 0.3 is 6.09 Å². The molecule has 3 amide bonds. The van der Waals surface area contributed by atoms with Crippen LogP contribution in [-0.4, -0.2) is 67.5 Å². The second-order valence-corrected chi connectivity index (χ2v) is 6.63. The average Bonchev–Trinajstić information content (AvgIpc) is 2.90. The third-order valence-electron chi connectivity index (χ3n) is 4.98. The highest BCUT2D eigenvalue weighted by atomic mass is 16.6. The van der Waals surface area contributed by atoms with Gasteiger partial charge in [0.15, 0.2) is 0 Å². The number of aryl methyl sites for hydroxylation is 1. The number of amides is 3. The van der Waals surface area contributed by atoms with Crippen LogP contribution in [0.25, 0.3) is 0 Å². The first-order chi connectivity index (χ1) is 12.5. The molecule has 2 aliphatic heterocycles. The Morgan fingerprint density at radius 3 is 2.58 bits per heavy atom. The van der Waals surface area contributed by atoms with Gasteiger partial charge in [-0.3, -0.25) is 9.59 Å². The second kappa shape index (κ2) is 7.76. The van der Waals surface area contributed by atoms with Crippen LogP contribution in [0.3, 0.4) is 0 Å². The van der Waals surface area contributed by atoms with E-state index in [2.05, 4.69) is 0 Å². The molecule has 0 saturated carbocycles. The number of hydrogen-bond acceptors (Lipinski definition) is 4. The SMILES string of the molecule is CCOC(=O)N1CCCN(C(=O)c2ccc3c(c2)CCC(=O)N3C)CC1. The first-order valence-electron chi connectivity index (χ1n) is 9.11. The first-order valence-corrected chi connectivity index (χ1v) is 9.11. The fourth-order valence-corrected chi connectivity index (χ4v) is 3.49. The molecule has 1 saturated heterocycles. The van der Waals surface area contributed by atoms with Crippen LogP contribution in [-0.2, 0) is 16.0 Å². The number of carbonyl (C=O) groups excluding carboxylic acids is 3. The Kier molecular flexibility index (Phi) is 5.44. The largest absolute Gasteiger partial charge is 0.450 e. The number of hydrogen-bond donors (Lipinski definition) is 0. The number of benzene rings is 1. The average molecular weight is 359 g/mol. The van der Waals surface area contributed by atoms with Gasteiger partial charge < -0.3 is 19.4 Å². The molecule has 2 heterocycles. The normalized spacial score (nSPS) is 17.6. The predicted octanol–water partition coefficient (Wildman–Crippen LogP) is 1.90. The van der Waals surface area contributed by atoms with E-state index in [1.807, 2.05) is 12.1 Å². The molecule has 0 atom stereocenters. The van der Waals surface area contributed by atoms with Crippen LogP contribution in [0.2, 0.25) is 0 Å². The molecule has 1 fully saturated rings. The van der Waals surface area contributed by atoms with Gasteiger partial charge in [-0.05, 0) is 43.5 Å². The van der Waals surface area contributed by atoms with Crippen LogP contribution in [0, 0.1) is 0 Å². The Balaban J connectivity index is 1.70. The van der Waals surface area contributed by atoms with Gasteiger partial charge in [0.25, 0.3) is 5.91 Å². The maximum Gasteiger partial charge on any atom is 0.409 e. The number of ether oxygens (including phenoxy) is 1. The van der Waals surface area contributed by atoms with Crippen molar-refractivity contribution in [3.8, 4) is 0 Å². The summed E-state index contributed by atoms with van der Waals surface area (Å²) in [5.74, 6) is 0.0706. The van der Waals surface area contributed by atoms with Crippen LogP contribution in [0.5, 0.6) is 0 Å². The van der Waals surface area contributed by atoms with Crippen molar-refractivity contribution in [1.82, 2.24) is 9.80 Å². The van der Waals surface area contributed by atoms with Gasteiger partial charge in [0, 0.05) is 50.9 Å². The van der Waals surface area contributed by atoms with E-state index in [4.69, 9.17) is 4.74 Å². The fourth-order valence-electron chi connectivity index (χ4n) is 3.49. The Morgan fingerprint density at radius 2 is 1.81 bits per heavy atom. The Hall–Kier alpha value is -2.57. The molecule has 7 nitrogen and oxygen atoms in total. The molecular weight excluding hydrogens is 334 g/mol. The van der Waals surface area contributed by atoms with Crippen molar-refractivity contribution in [3.63, 3.8) is 0 Å². The van der Waals surface area contributed by atoms with E-state index in [0.29, 0.717) is 51.2 Å². The molecule has 0 unspecified atom stereocenters. The predicted molar refractivity (Wildman–Crippen MR) is 97.3 cm³/mol. The van der Waals surface area contributed by atoms with Crippen molar-refractivity contribution in [2.24, 2.45) is 0 Å². The second-order valence-electron chi connectivity index (χ2n) is 6.63. The zero-order valence-electron chi connectivity index (χ0n) is 15.4. The molecule has 0 spiro atoms. The zero-order chi connectivity index (χ0) is 18.7. The lowest BCUT2D eigenvalue weighted by Crippen LogP contribution is -2.37. The molecule has 0 N–H and O–H groups in total. The van der Waals surface area contributed by atoms with Gasteiger partial charge in [0.2, 0.25) is 5.91 Å². The minimum atomic E-state index is -0.316. The van der Waals surface area contributed by atoms with Crippen molar-refractivity contribution in [3.05, 3.63) is 29.3 Å². The van der Waals surface area contributed by atoms with E-state index < -0.39 is 0 Å². The van der Waals surface area contributed by atoms with E-state index in [9.17, 15) is 14.4 Å². The summed E-state index contributed by atoms with van der Waals surface area (Å²) < 4.78 is 5.05. The van der Waals surface area contributed by atoms with Gasteiger partial charge in [-0.1, -0.05) is 0 Å². The lowest BCUT2D eigenvalue weighted by Gasteiger charge is -2.27. The van der Waals surface area contributed by atoms with Crippen molar-refractivity contribution in [2.75, 3.05) is 44.7 Å². The fraction of sp³-hybridized carbons (Fsp3) is 0.526. The molecule has 3 rings (SSSR count). The van der Waals surface area contributed by atoms with Crippen molar-refractivity contribution in [2.45, 2.75) is 26.2 Å². The maximum absolute atomic E-state index is 12.9. The first kappa shape index (κ1) is 18.2. The third kappa shape index (κ3) is 3.66. The molecule has 7 heteroatoms. The number of anilines is 1. The lowest BCUT2D eigenvalue weighted by atomic mass is 9.98. The summed E-state index contributed by atoms with van der Waals surface area (Å²) in [5.41, 5.74) is 2.54. The summed E-state index contributed by atoms with van der Waals surface area (Å²) in [6.45, 7) is 4.32. The van der Waals surface area contributed by atoms with Gasteiger partial charge in [-0.25, -0.2) is 4.79 Å². The smallest absolute Gasteiger partial charge is 0.409 e. The van der Waals surface area contributed by atoms with E-state index in [1.165, 1.54) is 0 Å². The molecule has 2 aliphatic rings. The number of fused-ring (bicyclic) bond motifs is 1. The van der Waals surface area contributed by atoms with Crippen LogP contribution in [0.1, 0.15) is 35.7 Å². The van der Waals surface area contributed by atoms with Crippen LogP contribution in [0.15, 0.2) is 18.2 Å². The number of nitrogens with zero attached hydrogens (tertiary/aromatic N) is 3. The summed E-state index contributed by atoms with van der Waals surface area (Å²) in [6, 6.07) is 5.53. The summed E-state index contributed by atoms with van der Waals surface area (Å²) in [5, 5.41) is 0. The van der Waals surface area contributed by atoms with Gasteiger partial charge in [-0.2, -0.15) is 0 Å². The molecule has 0 aliphatic carbocycles. The highest BCUT2D eigenvalue weighted by Crippen LogP contribution is 2.28. The molecule has 26 heavy (non-hydrogen) atoms. The summed E-state index contributed by atoms with van der Waals surface area (Å²) >= 11 is 0. The quantitative estimate of drug-likeness (QED) is 0.809. The van der Waals surface area contributed by atoms with Crippen molar-refractivity contribution < 1.29 is 19.1 Å². The lowest BCUT2D eigenvalue weighted by molar-refractivity contribution is -0.118.